The summed E-state index contributed by atoms with van der Waals surface area (Å²) < 4.78 is 5.44. The molecule has 0 aromatic heterocycles. The van der Waals surface area contributed by atoms with Crippen LogP contribution in [0, 0.1) is 5.92 Å². The van der Waals surface area contributed by atoms with Gasteiger partial charge in [-0.3, -0.25) is 9.69 Å². The average molecular weight is 334 g/mol. The molecule has 1 unspecified atom stereocenters. The lowest BCUT2D eigenvalue weighted by atomic mass is 9.96. The maximum atomic E-state index is 12.4. The number of hydrogen-bond donors (Lipinski definition) is 0. The van der Waals surface area contributed by atoms with Gasteiger partial charge in [-0.15, -0.1) is 11.8 Å². The fourth-order valence-corrected chi connectivity index (χ4v) is 3.38. The van der Waals surface area contributed by atoms with Gasteiger partial charge in [-0.25, -0.2) is 4.79 Å². The first-order valence-corrected chi connectivity index (χ1v) is 8.66. The van der Waals surface area contributed by atoms with Crippen LogP contribution in [-0.2, 0) is 9.53 Å². The molecule has 0 bridgehead atoms. The zero-order valence-corrected chi connectivity index (χ0v) is 15.1. The van der Waals surface area contributed by atoms with Crippen LogP contribution in [0.1, 0.15) is 47.5 Å². The van der Waals surface area contributed by atoms with E-state index in [1.807, 2.05) is 20.8 Å². The van der Waals surface area contributed by atoms with Crippen LogP contribution in [0.25, 0.3) is 0 Å². The van der Waals surface area contributed by atoms with Crippen molar-refractivity contribution >= 4 is 35.2 Å². The van der Waals surface area contributed by atoms with E-state index in [1.54, 1.807) is 6.26 Å². The summed E-state index contributed by atoms with van der Waals surface area (Å²) in [6, 6.07) is -0.240. The third-order valence-corrected chi connectivity index (χ3v) is 4.29. The Morgan fingerprint density at radius 1 is 1.48 bits per heavy atom. The predicted molar refractivity (Wildman–Crippen MR) is 87.3 cm³/mol. The van der Waals surface area contributed by atoms with Crippen LogP contribution >= 0.6 is 23.4 Å². The smallest absolute Gasteiger partial charge is 0.415 e. The lowest BCUT2D eigenvalue weighted by Gasteiger charge is -2.37. The van der Waals surface area contributed by atoms with Crippen LogP contribution < -0.4 is 0 Å². The Kier molecular flexibility index (Phi) is 6.17. The molecule has 1 aliphatic rings. The van der Waals surface area contributed by atoms with E-state index in [4.69, 9.17) is 16.3 Å². The zero-order chi connectivity index (χ0) is 16.4. The Morgan fingerprint density at radius 3 is 2.48 bits per heavy atom. The summed E-state index contributed by atoms with van der Waals surface area (Å²) in [6.45, 7) is 9.54. The maximum Gasteiger partial charge on any atom is 0.415 e. The minimum atomic E-state index is -0.600. The molecule has 0 saturated carbocycles. The van der Waals surface area contributed by atoms with E-state index < -0.39 is 11.7 Å². The molecule has 6 heteroatoms. The Hall–Kier alpha value is -0.680. The molecule has 1 atom stereocenters. The fourth-order valence-electron chi connectivity index (χ4n) is 2.25. The number of Topliss-reactive ketones (excluding diaryl/α,β-unsaturated/α-hetero) is 1. The van der Waals surface area contributed by atoms with Crippen molar-refractivity contribution in [3.05, 3.63) is 10.1 Å². The second-order valence-corrected chi connectivity index (χ2v) is 7.76. The van der Waals surface area contributed by atoms with Crippen molar-refractivity contribution in [1.82, 2.24) is 4.90 Å². The third kappa shape index (κ3) is 4.92. The molecule has 4 nitrogen and oxygen atoms in total. The summed E-state index contributed by atoms with van der Waals surface area (Å²) in [7, 11) is 0. The number of amides is 1. The zero-order valence-electron chi connectivity index (χ0n) is 13.5. The van der Waals surface area contributed by atoms with E-state index >= 15 is 0 Å². The molecule has 21 heavy (non-hydrogen) atoms. The number of allylic oxidation sites excluding steroid dienone is 1. The molecule has 1 aliphatic heterocycles. The summed E-state index contributed by atoms with van der Waals surface area (Å²) in [5.41, 5.74) is -0.600. The summed E-state index contributed by atoms with van der Waals surface area (Å²) in [5, 5.41) is 0.193. The third-order valence-electron chi connectivity index (χ3n) is 2.98. The first kappa shape index (κ1) is 18.4. The highest BCUT2D eigenvalue weighted by Gasteiger charge is 2.38. The fraction of sp³-hybridized carbons (Fsp3) is 0.733. The summed E-state index contributed by atoms with van der Waals surface area (Å²) >= 11 is 7.58. The minimum absolute atomic E-state index is 0.00189. The highest BCUT2D eigenvalue weighted by atomic mass is 35.5. The minimum Gasteiger partial charge on any atom is -0.443 e. The average Bonchev–Trinajstić information content (AvgIpc) is 2.25. The number of carbonyl (C=O) groups is 2. The highest BCUT2D eigenvalue weighted by Crippen LogP contribution is 2.36. The Morgan fingerprint density at radius 2 is 2.05 bits per heavy atom. The molecule has 0 N–H and O–H groups in total. The van der Waals surface area contributed by atoms with Crippen molar-refractivity contribution in [3.8, 4) is 0 Å². The molecule has 0 aliphatic carbocycles. The molecule has 1 rings (SSSR count). The van der Waals surface area contributed by atoms with Crippen LogP contribution in [0.15, 0.2) is 10.1 Å². The molecule has 0 radical (unpaired) electrons. The molecule has 120 valence electrons. The van der Waals surface area contributed by atoms with E-state index in [1.165, 1.54) is 16.7 Å². The molecular weight excluding hydrogens is 310 g/mol. The topological polar surface area (TPSA) is 46.6 Å². The first-order valence-electron chi connectivity index (χ1n) is 7.06. The molecule has 0 fully saturated rings. The van der Waals surface area contributed by atoms with Gasteiger partial charge in [0.15, 0.2) is 5.78 Å². The summed E-state index contributed by atoms with van der Waals surface area (Å²) in [5.74, 6) is 0.353. The van der Waals surface area contributed by atoms with E-state index in [-0.39, 0.29) is 17.0 Å². The number of ether oxygens (including phenoxy) is 1. The van der Waals surface area contributed by atoms with Gasteiger partial charge >= 0.3 is 6.09 Å². The Bertz CT molecular complexity index is 454. The van der Waals surface area contributed by atoms with Crippen LogP contribution in [0.2, 0.25) is 0 Å². The SMILES string of the molecule is CSC1=C(Cl)N(C(=O)OC(C)(C)C)C(CC(C)C)CC1=O. The van der Waals surface area contributed by atoms with Gasteiger partial charge in [-0.05, 0) is 39.4 Å². The van der Waals surface area contributed by atoms with E-state index in [0.29, 0.717) is 23.7 Å². The number of ketones is 1. The summed E-state index contributed by atoms with van der Waals surface area (Å²) in [4.78, 5) is 26.5. The predicted octanol–water partition coefficient (Wildman–Crippen LogP) is 4.38. The van der Waals surface area contributed by atoms with Crippen LogP contribution in [0.5, 0.6) is 0 Å². The first-order chi connectivity index (χ1) is 9.56. The van der Waals surface area contributed by atoms with E-state index in [2.05, 4.69) is 13.8 Å². The van der Waals surface area contributed by atoms with Crippen molar-refractivity contribution < 1.29 is 14.3 Å². The van der Waals surface area contributed by atoms with Crippen LogP contribution in [0.4, 0.5) is 4.79 Å². The van der Waals surface area contributed by atoms with Crippen molar-refractivity contribution in [2.75, 3.05) is 6.26 Å². The Balaban J connectivity index is 3.13. The van der Waals surface area contributed by atoms with E-state index in [0.717, 1.165) is 0 Å². The van der Waals surface area contributed by atoms with Gasteiger partial charge in [0.1, 0.15) is 10.8 Å². The number of thioether (sulfide) groups is 1. The highest BCUT2D eigenvalue weighted by molar-refractivity contribution is 8.03. The van der Waals surface area contributed by atoms with Crippen molar-refractivity contribution in [2.24, 2.45) is 5.92 Å². The largest absolute Gasteiger partial charge is 0.443 e. The number of halogens is 1. The number of rotatable bonds is 3. The molecule has 0 aromatic rings. The lowest BCUT2D eigenvalue weighted by Crippen LogP contribution is -2.46. The molecule has 1 amide bonds. The van der Waals surface area contributed by atoms with Crippen molar-refractivity contribution in [2.45, 2.75) is 59.1 Å². The van der Waals surface area contributed by atoms with Gasteiger partial charge in [0.25, 0.3) is 0 Å². The van der Waals surface area contributed by atoms with E-state index in [9.17, 15) is 9.59 Å². The van der Waals surface area contributed by atoms with Gasteiger partial charge in [0, 0.05) is 12.5 Å². The van der Waals surface area contributed by atoms with Gasteiger partial charge in [0.2, 0.25) is 0 Å². The number of carbonyl (C=O) groups excluding carboxylic acids is 2. The molecule has 1 heterocycles. The second kappa shape index (κ2) is 7.05. The monoisotopic (exact) mass is 333 g/mol. The van der Waals surface area contributed by atoms with Gasteiger partial charge < -0.3 is 4.74 Å². The van der Waals surface area contributed by atoms with Crippen LogP contribution in [0.3, 0.4) is 0 Å². The Labute approximate surface area is 136 Å². The molecule has 0 spiro atoms. The normalized spacial score (nSPS) is 20.3. The molecule has 0 saturated heterocycles. The molecule has 0 aromatic carbocycles. The van der Waals surface area contributed by atoms with Gasteiger partial charge in [-0.1, -0.05) is 25.4 Å². The van der Waals surface area contributed by atoms with Crippen molar-refractivity contribution in [3.63, 3.8) is 0 Å². The lowest BCUT2D eigenvalue weighted by molar-refractivity contribution is -0.116. The second-order valence-electron chi connectivity index (χ2n) is 6.59. The molecular formula is C15H24ClNO3S. The van der Waals surface area contributed by atoms with Crippen molar-refractivity contribution in [1.29, 1.82) is 0 Å². The maximum absolute atomic E-state index is 12.4. The van der Waals surface area contributed by atoms with Gasteiger partial charge in [-0.2, -0.15) is 0 Å². The quantitative estimate of drug-likeness (QED) is 0.719. The number of nitrogens with zero attached hydrogens (tertiary/aromatic N) is 1. The number of hydrogen-bond acceptors (Lipinski definition) is 4. The summed E-state index contributed by atoms with van der Waals surface area (Å²) in [6.07, 6.45) is 2.30. The van der Waals surface area contributed by atoms with Crippen LogP contribution in [-0.4, -0.2) is 34.7 Å². The standard InChI is InChI=1S/C15H24ClNO3S/c1-9(2)7-10-8-11(18)12(21-6)13(16)17(10)14(19)20-15(3,4)5/h9-10H,7-8H2,1-6H3. The van der Waals surface area contributed by atoms with Gasteiger partial charge in [0.05, 0.1) is 4.91 Å².